The van der Waals surface area contributed by atoms with E-state index in [1.807, 2.05) is 30.3 Å². The summed E-state index contributed by atoms with van der Waals surface area (Å²) in [5, 5.41) is 15.9. The summed E-state index contributed by atoms with van der Waals surface area (Å²) in [6, 6.07) is 11.2. The van der Waals surface area contributed by atoms with Crippen molar-refractivity contribution in [1.29, 1.82) is 0 Å². The fraction of sp³-hybridized carbons (Fsp3) is 0.316. The van der Waals surface area contributed by atoms with E-state index in [9.17, 15) is 4.79 Å². The average molecular weight is 353 g/mol. The SMILES string of the molecule is O=C(NC1CCC(c2cnc(CO)o2)C1)c1cc(-c2ccccc2)on1. The normalized spacial score (nSPS) is 19.6. The second kappa shape index (κ2) is 7.13. The molecule has 26 heavy (non-hydrogen) atoms. The van der Waals surface area contributed by atoms with E-state index in [2.05, 4.69) is 15.5 Å². The molecule has 2 heterocycles. The van der Waals surface area contributed by atoms with Crippen molar-refractivity contribution >= 4 is 5.91 Å². The van der Waals surface area contributed by atoms with Gasteiger partial charge in [0.1, 0.15) is 12.4 Å². The van der Waals surface area contributed by atoms with Gasteiger partial charge in [0.25, 0.3) is 5.91 Å². The average Bonchev–Trinajstić information content (AvgIpc) is 3.42. The molecule has 0 saturated heterocycles. The standard InChI is InChI=1S/C19H19N3O4/c23-11-18-20-10-17(25-18)13-6-7-14(8-13)21-19(24)15-9-16(26-22-15)12-4-2-1-3-5-12/h1-5,9-10,13-14,23H,6-8,11H2,(H,21,24). The maximum Gasteiger partial charge on any atom is 0.273 e. The van der Waals surface area contributed by atoms with E-state index in [1.165, 1.54) is 0 Å². The lowest BCUT2D eigenvalue weighted by atomic mass is 10.1. The first-order valence-electron chi connectivity index (χ1n) is 8.61. The van der Waals surface area contributed by atoms with Crippen LogP contribution in [0.15, 0.2) is 51.5 Å². The first-order valence-corrected chi connectivity index (χ1v) is 8.61. The number of carbonyl (C=O) groups excluding carboxylic acids is 1. The molecule has 4 rings (SSSR count). The van der Waals surface area contributed by atoms with Gasteiger partial charge in [0, 0.05) is 23.6 Å². The third kappa shape index (κ3) is 3.39. The van der Waals surface area contributed by atoms with Crippen molar-refractivity contribution < 1.29 is 18.8 Å². The van der Waals surface area contributed by atoms with Crippen LogP contribution >= 0.6 is 0 Å². The second-order valence-electron chi connectivity index (χ2n) is 6.44. The molecule has 1 aliphatic carbocycles. The number of hydrogen-bond acceptors (Lipinski definition) is 6. The minimum atomic E-state index is -0.241. The number of nitrogens with one attached hydrogen (secondary N) is 1. The van der Waals surface area contributed by atoms with E-state index in [0.717, 1.165) is 30.6 Å². The van der Waals surface area contributed by atoms with Gasteiger partial charge in [0.2, 0.25) is 5.89 Å². The molecular formula is C19H19N3O4. The van der Waals surface area contributed by atoms with E-state index in [0.29, 0.717) is 11.7 Å². The molecule has 0 spiro atoms. The Labute approximate surface area is 150 Å². The molecule has 1 aliphatic rings. The zero-order chi connectivity index (χ0) is 17.9. The number of hydrogen-bond donors (Lipinski definition) is 2. The topological polar surface area (TPSA) is 101 Å². The van der Waals surface area contributed by atoms with Gasteiger partial charge in [-0.3, -0.25) is 4.79 Å². The highest BCUT2D eigenvalue weighted by Gasteiger charge is 2.30. The van der Waals surface area contributed by atoms with E-state index >= 15 is 0 Å². The second-order valence-corrected chi connectivity index (χ2v) is 6.44. The van der Waals surface area contributed by atoms with Crippen molar-refractivity contribution in [3.05, 3.63) is 59.9 Å². The summed E-state index contributed by atoms with van der Waals surface area (Å²) in [7, 11) is 0. The largest absolute Gasteiger partial charge is 0.443 e. The fourth-order valence-corrected chi connectivity index (χ4v) is 3.34. The molecule has 0 radical (unpaired) electrons. The Morgan fingerprint density at radius 1 is 1.27 bits per heavy atom. The van der Waals surface area contributed by atoms with Crippen LogP contribution in [0.3, 0.4) is 0 Å². The number of aliphatic hydroxyl groups excluding tert-OH is 1. The molecule has 2 aromatic heterocycles. The quantitative estimate of drug-likeness (QED) is 0.731. The third-order valence-electron chi connectivity index (χ3n) is 4.68. The van der Waals surface area contributed by atoms with Crippen molar-refractivity contribution in [2.45, 2.75) is 37.8 Å². The maximum atomic E-state index is 12.4. The van der Waals surface area contributed by atoms with E-state index in [1.54, 1.807) is 12.3 Å². The van der Waals surface area contributed by atoms with E-state index in [-0.39, 0.29) is 30.2 Å². The van der Waals surface area contributed by atoms with Crippen LogP contribution in [0, 0.1) is 0 Å². The summed E-state index contributed by atoms with van der Waals surface area (Å²) in [6.45, 7) is -0.206. The lowest BCUT2D eigenvalue weighted by Crippen LogP contribution is -2.33. The Hall–Kier alpha value is -2.93. The molecule has 1 aromatic carbocycles. The molecule has 3 aromatic rings. The molecule has 2 atom stereocenters. The van der Waals surface area contributed by atoms with Gasteiger partial charge in [-0.2, -0.15) is 0 Å². The Morgan fingerprint density at radius 3 is 2.88 bits per heavy atom. The van der Waals surface area contributed by atoms with Crippen LogP contribution in [0.2, 0.25) is 0 Å². The molecule has 134 valence electrons. The molecule has 0 aliphatic heterocycles. The number of aromatic nitrogens is 2. The van der Waals surface area contributed by atoms with Crippen LogP contribution in [-0.4, -0.2) is 27.2 Å². The van der Waals surface area contributed by atoms with Gasteiger partial charge in [-0.1, -0.05) is 35.5 Å². The number of amides is 1. The summed E-state index contributed by atoms with van der Waals surface area (Å²) in [5.74, 6) is 1.61. The van der Waals surface area contributed by atoms with Gasteiger partial charge < -0.3 is 19.4 Å². The highest BCUT2D eigenvalue weighted by atomic mass is 16.5. The van der Waals surface area contributed by atoms with Gasteiger partial charge in [0.15, 0.2) is 11.5 Å². The van der Waals surface area contributed by atoms with Gasteiger partial charge in [0.05, 0.1) is 6.20 Å². The van der Waals surface area contributed by atoms with Crippen LogP contribution in [0.4, 0.5) is 0 Å². The molecule has 2 N–H and O–H groups in total. The van der Waals surface area contributed by atoms with Crippen molar-refractivity contribution in [2.75, 3.05) is 0 Å². The van der Waals surface area contributed by atoms with Crippen molar-refractivity contribution in [3.63, 3.8) is 0 Å². The molecule has 1 amide bonds. The molecule has 0 bridgehead atoms. The van der Waals surface area contributed by atoms with Gasteiger partial charge in [-0.25, -0.2) is 4.98 Å². The minimum Gasteiger partial charge on any atom is -0.443 e. The summed E-state index contributed by atoms with van der Waals surface area (Å²) in [5.41, 5.74) is 1.15. The Balaban J connectivity index is 1.37. The van der Waals surface area contributed by atoms with Gasteiger partial charge in [-0.15, -0.1) is 0 Å². The monoisotopic (exact) mass is 353 g/mol. The number of carbonyl (C=O) groups is 1. The van der Waals surface area contributed by atoms with Crippen LogP contribution in [-0.2, 0) is 6.61 Å². The fourth-order valence-electron chi connectivity index (χ4n) is 3.34. The van der Waals surface area contributed by atoms with Crippen LogP contribution in [0.1, 0.15) is 47.3 Å². The summed E-state index contributed by atoms with van der Waals surface area (Å²) in [6.07, 6.45) is 4.19. The predicted molar refractivity (Wildman–Crippen MR) is 92.2 cm³/mol. The van der Waals surface area contributed by atoms with Crippen LogP contribution < -0.4 is 5.32 Å². The molecule has 7 heteroatoms. The van der Waals surface area contributed by atoms with Crippen molar-refractivity contribution in [1.82, 2.24) is 15.5 Å². The lowest BCUT2D eigenvalue weighted by Gasteiger charge is -2.11. The lowest BCUT2D eigenvalue weighted by molar-refractivity contribution is 0.0928. The number of oxazole rings is 1. The zero-order valence-electron chi connectivity index (χ0n) is 14.1. The number of benzene rings is 1. The molecule has 7 nitrogen and oxygen atoms in total. The number of aliphatic hydroxyl groups is 1. The summed E-state index contributed by atoms with van der Waals surface area (Å²) < 4.78 is 10.8. The minimum absolute atomic E-state index is 0.0482. The van der Waals surface area contributed by atoms with E-state index < -0.39 is 0 Å². The van der Waals surface area contributed by atoms with E-state index in [4.69, 9.17) is 14.0 Å². The van der Waals surface area contributed by atoms with Crippen molar-refractivity contribution in [2.24, 2.45) is 0 Å². The Kier molecular flexibility index (Phi) is 4.53. The summed E-state index contributed by atoms with van der Waals surface area (Å²) in [4.78, 5) is 16.5. The van der Waals surface area contributed by atoms with Gasteiger partial charge >= 0.3 is 0 Å². The van der Waals surface area contributed by atoms with Crippen LogP contribution in [0.5, 0.6) is 0 Å². The molecular weight excluding hydrogens is 334 g/mol. The molecule has 1 saturated carbocycles. The predicted octanol–water partition coefficient (Wildman–Crippen LogP) is 2.89. The first-order chi connectivity index (χ1) is 12.7. The van der Waals surface area contributed by atoms with Crippen LogP contribution in [0.25, 0.3) is 11.3 Å². The molecule has 2 unspecified atom stereocenters. The molecule has 1 fully saturated rings. The number of rotatable bonds is 5. The van der Waals surface area contributed by atoms with Gasteiger partial charge in [-0.05, 0) is 19.3 Å². The maximum absolute atomic E-state index is 12.4. The first kappa shape index (κ1) is 16.5. The zero-order valence-corrected chi connectivity index (χ0v) is 14.1. The highest BCUT2D eigenvalue weighted by molar-refractivity contribution is 5.93. The van der Waals surface area contributed by atoms with Crippen molar-refractivity contribution in [3.8, 4) is 11.3 Å². The third-order valence-corrected chi connectivity index (χ3v) is 4.68. The number of nitrogens with zero attached hydrogens (tertiary/aromatic N) is 2. The summed E-state index contributed by atoms with van der Waals surface area (Å²) >= 11 is 0. The Morgan fingerprint density at radius 2 is 2.12 bits per heavy atom. The Bertz CT molecular complexity index is 887. The smallest absolute Gasteiger partial charge is 0.273 e. The highest BCUT2D eigenvalue weighted by Crippen LogP contribution is 2.35.